The monoisotopic (exact) mass is 286 g/mol. The predicted molar refractivity (Wildman–Crippen MR) is 82.3 cm³/mol. The van der Waals surface area contributed by atoms with Crippen LogP contribution in [0.2, 0.25) is 0 Å². The SMILES string of the molecule is Cc1ccccc1CNC(=O)c1c(C(C)(C)C)noc1C. The van der Waals surface area contributed by atoms with Gasteiger partial charge in [-0.3, -0.25) is 4.79 Å². The smallest absolute Gasteiger partial charge is 0.257 e. The Hall–Kier alpha value is -2.10. The maximum Gasteiger partial charge on any atom is 0.257 e. The molecule has 0 atom stereocenters. The minimum Gasteiger partial charge on any atom is -0.361 e. The van der Waals surface area contributed by atoms with Crippen molar-refractivity contribution in [2.45, 2.75) is 46.6 Å². The highest BCUT2D eigenvalue weighted by Crippen LogP contribution is 2.26. The van der Waals surface area contributed by atoms with Crippen LogP contribution in [0, 0.1) is 13.8 Å². The first-order valence-corrected chi connectivity index (χ1v) is 7.10. The molecule has 4 nitrogen and oxygen atoms in total. The summed E-state index contributed by atoms with van der Waals surface area (Å²) in [6.45, 7) is 10.4. The molecule has 2 aromatic rings. The Morgan fingerprint density at radius 3 is 2.52 bits per heavy atom. The zero-order chi connectivity index (χ0) is 15.6. The second kappa shape index (κ2) is 5.72. The summed E-state index contributed by atoms with van der Waals surface area (Å²) in [5.41, 5.74) is 3.29. The van der Waals surface area contributed by atoms with Crippen LogP contribution in [-0.2, 0) is 12.0 Å². The number of aromatic nitrogens is 1. The molecule has 1 aromatic carbocycles. The summed E-state index contributed by atoms with van der Waals surface area (Å²) in [4.78, 5) is 12.5. The standard InChI is InChI=1S/C17H22N2O2/c1-11-8-6-7-9-13(11)10-18-16(20)14-12(2)21-19-15(14)17(3,4)5/h6-9H,10H2,1-5H3,(H,18,20). The Balaban J connectivity index is 2.19. The van der Waals surface area contributed by atoms with E-state index in [2.05, 4.69) is 10.5 Å². The molecule has 0 aliphatic heterocycles. The Bertz CT molecular complexity index is 651. The number of benzene rings is 1. The van der Waals surface area contributed by atoms with Gasteiger partial charge in [0.2, 0.25) is 0 Å². The number of carbonyl (C=O) groups excluding carboxylic acids is 1. The van der Waals surface area contributed by atoms with Gasteiger partial charge in [-0.1, -0.05) is 50.2 Å². The Morgan fingerprint density at radius 1 is 1.24 bits per heavy atom. The van der Waals surface area contributed by atoms with E-state index < -0.39 is 0 Å². The molecular formula is C17H22N2O2. The van der Waals surface area contributed by atoms with Crippen molar-refractivity contribution in [3.63, 3.8) is 0 Å². The van der Waals surface area contributed by atoms with Crippen molar-refractivity contribution in [2.75, 3.05) is 0 Å². The topological polar surface area (TPSA) is 55.1 Å². The summed E-state index contributed by atoms with van der Waals surface area (Å²) in [5, 5.41) is 7.00. The van der Waals surface area contributed by atoms with Gasteiger partial charge in [-0.2, -0.15) is 0 Å². The molecule has 1 amide bonds. The van der Waals surface area contributed by atoms with E-state index in [1.807, 2.05) is 52.0 Å². The van der Waals surface area contributed by atoms with E-state index in [0.717, 1.165) is 11.1 Å². The maximum absolute atomic E-state index is 12.5. The first-order valence-electron chi connectivity index (χ1n) is 7.10. The van der Waals surface area contributed by atoms with E-state index in [4.69, 9.17) is 4.52 Å². The largest absolute Gasteiger partial charge is 0.361 e. The highest BCUT2D eigenvalue weighted by Gasteiger charge is 2.28. The molecule has 0 aliphatic carbocycles. The van der Waals surface area contributed by atoms with Gasteiger partial charge < -0.3 is 9.84 Å². The van der Waals surface area contributed by atoms with Crippen LogP contribution in [-0.4, -0.2) is 11.1 Å². The lowest BCUT2D eigenvalue weighted by Crippen LogP contribution is -2.27. The average molecular weight is 286 g/mol. The van der Waals surface area contributed by atoms with Crippen LogP contribution >= 0.6 is 0 Å². The fourth-order valence-electron chi connectivity index (χ4n) is 2.22. The van der Waals surface area contributed by atoms with Crippen LogP contribution in [0.4, 0.5) is 0 Å². The molecule has 1 N–H and O–H groups in total. The molecule has 1 aromatic heterocycles. The van der Waals surface area contributed by atoms with Crippen molar-refractivity contribution < 1.29 is 9.32 Å². The van der Waals surface area contributed by atoms with Gasteiger partial charge in [-0.25, -0.2) is 0 Å². The van der Waals surface area contributed by atoms with Crippen LogP contribution in [0.5, 0.6) is 0 Å². The second-order valence-electron chi connectivity index (χ2n) is 6.32. The van der Waals surface area contributed by atoms with Crippen LogP contribution in [0.1, 0.15) is 53.7 Å². The lowest BCUT2D eigenvalue weighted by atomic mass is 9.88. The van der Waals surface area contributed by atoms with Crippen LogP contribution < -0.4 is 5.32 Å². The summed E-state index contributed by atoms with van der Waals surface area (Å²) >= 11 is 0. The molecule has 2 rings (SSSR count). The molecule has 1 heterocycles. The number of nitrogens with one attached hydrogen (secondary N) is 1. The van der Waals surface area contributed by atoms with E-state index >= 15 is 0 Å². The molecular weight excluding hydrogens is 264 g/mol. The van der Waals surface area contributed by atoms with Gasteiger partial charge in [-0.15, -0.1) is 0 Å². The number of rotatable bonds is 3. The third-order valence-corrected chi connectivity index (χ3v) is 3.50. The normalized spacial score (nSPS) is 11.5. The van der Waals surface area contributed by atoms with Gasteiger partial charge in [-0.05, 0) is 25.0 Å². The summed E-state index contributed by atoms with van der Waals surface area (Å²) < 4.78 is 5.21. The van der Waals surface area contributed by atoms with Crippen LogP contribution in [0.15, 0.2) is 28.8 Å². The third-order valence-electron chi connectivity index (χ3n) is 3.50. The summed E-state index contributed by atoms with van der Waals surface area (Å²) in [6.07, 6.45) is 0. The lowest BCUT2D eigenvalue weighted by Gasteiger charge is -2.16. The van der Waals surface area contributed by atoms with Gasteiger partial charge in [0.1, 0.15) is 17.0 Å². The van der Waals surface area contributed by atoms with Crippen molar-refractivity contribution >= 4 is 5.91 Å². The first-order chi connectivity index (χ1) is 9.80. The lowest BCUT2D eigenvalue weighted by molar-refractivity contribution is 0.0947. The summed E-state index contributed by atoms with van der Waals surface area (Å²) in [6, 6.07) is 8.01. The molecule has 0 unspecified atom stereocenters. The van der Waals surface area contributed by atoms with Gasteiger partial charge in [0.15, 0.2) is 0 Å². The highest BCUT2D eigenvalue weighted by atomic mass is 16.5. The average Bonchev–Trinajstić information content (AvgIpc) is 2.79. The molecule has 0 spiro atoms. The Kier molecular flexibility index (Phi) is 4.16. The zero-order valence-corrected chi connectivity index (χ0v) is 13.3. The number of hydrogen-bond acceptors (Lipinski definition) is 3. The molecule has 0 radical (unpaired) electrons. The molecule has 21 heavy (non-hydrogen) atoms. The third kappa shape index (κ3) is 3.32. The molecule has 112 valence electrons. The Labute approximate surface area is 125 Å². The first kappa shape index (κ1) is 15.3. The van der Waals surface area contributed by atoms with Crippen molar-refractivity contribution in [3.8, 4) is 0 Å². The van der Waals surface area contributed by atoms with Gasteiger partial charge in [0.05, 0.1) is 0 Å². The van der Waals surface area contributed by atoms with Crippen molar-refractivity contribution in [1.29, 1.82) is 0 Å². The zero-order valence-electron chi connectivity index (χ0n) is 13.3. The highest BCUT2D eigenvalue weighted by molar-refractivity contribution is 5.96. The fraction of sp³-hybridized carbons (Fsp3) is 0.412. The summed E-state index contributed by atoms with van der Waals surface area (Å²) in [5.74, 6) is 0.420. The van der Waals surface area contributed by atoms with E-state index in [1.165, 1.54) is 0 Å². The van der Waals surface area contributed by atoms with Gasteiger partial charge >= 0.3 is 0 Å². The molecule has 0 fully saturated rings. The van der Waals surface area contributed by atoms with Crippen molar-refractivity contribution in [2.24, 2.45) is 0 Å². The van der Waals surface area contributed by atoms with Crippen LogP contribution in [0.3, 0.4) is 0 Å². The summed E-state index contributed by atoms with van der Waals surface area (Å²) in [7, 11) is 0. The van der Waals surface area contributed by atoms with Crippen LogP contribution in [0.25, 0.3) is 0 Å². The molecule has 0 aliphatic rings. The van der Waals surface area contributed by atoms with Crippen molar-refractivity contribution in [1.82, 2.24) is 10.5 Å². The number of amides is 1. The molecule has 4 heteroatoms. The minimum atomic E-state index is -0.229. The van der Waals surface area contributed by atoms with E-state index in [9.17, 15) is 4.79 Å². The van der Waals surface area contributed by atoms with Gasteiger partial charge in [0.25, 0.3) is 5.91 Å². The molecule has 0 saturated heterocycles. The minimum absolute atomic E-state index is 0.137. The maximum atomic E-state index is 12.5. The number of nitrogens with zero attached hydrogens (tertiary/aromatic N) is 1. The fourth-order valence-corrected chi connectivity index (χ4v) is 2.22. The molecule has 0 bridgehead atoms. The van der Waals surface area contributed by atoms with E-state index in [-0.39, 0.29) is 11.3 Å². The predicted octanol–water partition coefficient (Wildman–Crippen LogP) is 3.52. The van der Waals surface area contributed by atoms with Crippen molar-refractivity contribution in [3.05, 3.63) is 52.4 Å². The van der Waals surface area contributed by atoms with E-state index in [1.54, 1.807) is 6.92 Å². The Morgan fingerprint density at radius 2 is 1.90 bits per heavy atom. The van der Waals surface area contributed by atoms with Gasteiger partial charge in [0, 0.05) is 12.0 Å². The quantitative estimate of drug-likeness (QED) is 0.939. The number of hydrogen-bond donors (Lipinski definition) is 1. The number of carbonyl (C=O) groups is 1. The number of aryl methyl sites for hydroxylation is 2. The van der Waals surface area contributed by atoms with E-state index in [0.29, 0.717) is 23.6 Å². The molecule has 0 saturated carbocycles. The second-order valence-corrected chi connectivity index (χ2v) is 6.32.